The van der Waals surface area contributed by atoms with Crippen molar-refractivity contribution in [2.75, 3.05) is 53.6 Å². The van der Waals surface area contributed by atoms with Crippen molar-refractivity contribution in [3.8, 4) is 11.5 Å². The summed E-state index contributed by atoms with van der Waals surface area (Å²) in [7, 11) is 3.49. The molecule has 1 fully saturated rings. The third kappa shape index (κ3) is 6.90. The van der Waals surface area contributed by atoms with Crippen molar-refractivity contribution in [1.29, 1.82) is 0 Å². The molecule has 1 unspecified atom stereocenters. The van der Waals surface area contributed by atoms with Gasteiger partial charge in [0.25, 0.3) is 0 Å². The number of likely N-dealkylation sites (tertiary alicyclic amines) is 1. The van der Waals surface area contributed by atoms with Crippen molar-refractivity contribution < 1.29 is 14.3 Å². The van der Waals surface area contributed by atoms with Crippen LogP contribution in [0.25, 0.3) is 0 Å². The van der Waals surface area contributed by atoms with Gasteiger partial charge in [-0.3, -0.25) is 9.69 Å². The highest BCUT2D eigenvalue weighted by Crippen LogP contribution is 2.32. The Morgan fingerprint density at radius 1 is 1.27 bits per heavy atom. The first-order chi connectivity index (χ1) is 14.1. The van der Waals surface area contributed by atoms with Crippen LogP contribution in [-0.4, -0.2) is 81.3 Å². The predicted molar refractivity (Wildman–Crippen MR) is 129 cm³/mol. The minimum Gasteiger partial charge on any atom is -0.454 e. The normalized spacial score (nSPS) is 18.1. The van der Waals surface area contributed by atoms with Crippen molar-refractivity contribution in [3.05, 3.63) is 23.8 Å². The number of ether oxygens (including phenoxy) is 2. The largest absolute Gasteiger partial charge is 0.454 e. The van der Waals surface area contributed by atoms with E-state index in [4.69, 9.17) is 9.47 Å². The average molecular weight is 531 g/mol. The summed E-state index contributed by atoms with van der Waals surface area (Å²) in [6, 6.07) is 6.53. The Hall–Kier alpha value is -1.75. The molecule has 1 atom stereocenters. The van der Waals surface area contributed by atoms with Gasteiger partial charge >= 0.3 is 0 Å². The van der Waals surface area contributed by atoms with Crippen LogP contribution in [0.4, 0.5) is 0 Å². The second-order valence-corrected chi connectivity index (χ2v) is 7.62. The number of rotatable bonds is 8. The SMILES string of the molecule is CCN1CCCC1CNC(=NCC(=O)N(C)C)NCCc1ccc2c(c1)OCO2.I. The van der Waals surface area contributed by atoms with Crippen LogP contribution in [0.15, 0.2) is 23.2 Å². The van der Waals surface area contributed by atoms with Crippen LogP contribution in [-0.2, 0) is 11.2 Å². The summed E-state index contributed by atoms with van der Waals surface area (Å²) in [5.41, 5.74) is 1.17. The molecule has 0 saturated carbocycles. The topological polar surface area (TPSA) is 78.4 Å². The maximum atomic E-state index is 11.9. The first-order valence-corrected chi connectivity index (χ1v) is 10.4. The van der Waals surface area contributed by atoms with Gasteiger partial charge in [-0.05, 0) is 50.0 Å². The van der Waals surface area contributed by atoms with Crippen molar-refractivity contribution in [1.82, 2.24) is 20.4 Å². The number of hydrogen-bond acceptors (Lipinski definition) is 5. The lowest BCUT2D eigenvalue weighted by molar-refractivity contribution is -0.127. The first kappa shape index (κ1) is 24.5. The Kier molecular flexibility index (Phi) is 9.96. The molecule has 0 aromatic heterocycles. The number of guanidine groups is 1. The zero-order chi connectivity index (χ0) is 20.6. The second-order valence-electron chi connectivity index (χ2n) is 7.62. The number of nitrogens with one attached hydrogen (secondary N) is 2. The van der Waals surface area contributed by atoms with E-state index < -0.39 is 0 Å². The number of amides is 1. The van der Waals surface area contributed by atoms with Crippen LogP contribution < -0.4 is 20.1 Å². The van der Waals surface area contributed by atoms with Crippen molar-refractivity contribution >= 4 is 35.8 Å². The molecule has 0 radical (unpaired) electrons. The molecule has 2 aliphatic rings. The monoisotopic (exact) mass is 531 g/mol. The van der Waals surface area contributed by atoms with Crippen molar-refractivity contribution in [2.45, 2.75) is 32.2 Å². The van der Waals surface area contributed by atoms with E-state index in [0.717, 1.165) is 37.6 Å². The smallest absolute Gasteiger partial charge is 0.243 e. The van der Waals surface area contributed by atoms with E-state index in [9.17, 15) is 4.79 Å². The Bertz CT molecular complexity index is 729. The van der Waals surface area contributed by atoms with E-state index in [-0.39, 0.29) is 43.2 Å². The Morgan fingerprint density at radius 3 is 2.83 bits per heavy atom. The van der Waals surface area contributed by atoms with Gasteiger partial charge in [-0.15, -0.1) is 24.0 Å². The maximum Gasteiger partial charge on any atom is 0.243 e. The van der Waals surface area contributed by atoms with Crippen LogP contribution in [0, 0.1) is 0 Å². The van der Waals surface area contributed by atoms with Gasteiger partial charge in [0, 0.05) is 33.2 Å². The fourth-order valence-corrected chi connectivity index (χ4v) is 3.64. The van der Waals surface area contributed by atoms with Crippen molar-refractivity contribution in [3.63, 3.8) is 0 Å². The van der Waals surface area contributed by atoms with Gasteiger partial charge in [0.05, 0.1) is 0 Å². The van der Waals surface area contributed by atoms with Gasteiger partial charge in [0.2, 0.25) is 12.7 Å². The number of nitrogens with zero attached hydrogens (tertiary/aromatic N) is 3. The van der Waals surface area contributed by atoms with E-state index in [2.05, 4.69) is 27.4 Å². The quantitative estimate of drug-likeness (QED) is 0.302. The molecular formula is C21H34IN5O3. The van der Waals surface area contributed by atoms with Gasteiger partial charge < -0.3 is 25.0 Å². The molecule has 2 N–H and O–H groups in total. The van der Waals surface area contributed by atoms with Gasteiger partial charge in [-0.2, -0.15) is 0 Å². The lowest BCUT2D eigenvalue weighted by Crippen LogP contribution is -2.45. The molecule has 2 heterocycles. The molecule has 168 valence electrons. The van der Waals surface area contributed by atoms with Crippen LogP contribution in [0.1, 0.15) is 25.3 Å². The minimum absolute atomic E-state index is 0. The molecule has 2 aliphatic heterocycles. The first-order valence-electron chi connectivity index (χ1n) is 10.4. The third-order valence-electron chi connectivity index (χ3n) is 5.42. The fourth-order valence-electron chi connectivity index (χ4n) is 3.64. The molecule has 1 aromatic rings. The van der Waals surface area contributed by atoms with Gasteiger partial charge in [0.1, 0.15) is 6.54 Å². The zero-order valence-electron chi connectivity index (χ0n) is 18.1. The lowest BCUT2D eigenvalue weighted by Gasteiger charge is -2.24. The molecule has 1 amide bonds. The van der Waals surface area contributed by atoms with E-state index in [1.54, 1.807) is 19.0 Å². The summed E-state index contributed by atoms with van der Waals surface area (Å²) >= 11 is 0. The molecule has 0 aliphatic carbocycles. The molecule has 3 rings (SSSR count). The van der Waals surface area contributed by atoms with Gasteiger partial charge in [0.15, 0.2) is 17.5 Å². The number of carbonyl (C=O) groups excluding carboxylic acids is 1. The van der Waals surface area contributed by atoms with E-state index >= 15 is 0 Å². The average Bonchev–Trinajstić information content (AvgIpc) is 3.37. The summed E-state index contributed by atoms with van der Waals surface area (Å²) in [6.07, 6.45) is 3.26. The summed E-state index contributed by atoms with van der Waals surface area (Å²) in [6.45, 7) is 6.39. The number of benzene rings is 1. The number of likely N-dealkylation sites (N-methyl/N-ethyl adjacent to an activating group) is 2. The van der Waals surface area contributed by atoms with E-state index in [1.165, 1.54) is 18.4 Å². The summed E-state index contributed by atoms with van der Waals surface area (Å²) in [4.78, 5) is 20.5. The highest BCUT2D eigenvalue weighted by atomic mass is 127. The zero-order valence-corrected chi connectivity index (χ0v) is 20.5. The van der Waals surface area contributed by atoms with Crippen LogP contribution >= 0.6 is 24.0 Å². The highest BCUT2D eigenvalue weighted by Gasteiger charge is 2.22. The van der Waals surface area contributed by atoms with E-state index in [1.807, 2.05) is 18.2 Å². The maximum absolute atomic E-state index is 11.9. The summed E-state index contributed by atoms with van der Waals surface area (Å²) in [5.74, 6) is 2.26. The molecule has 0 spiro atoms. The summed E-state index contributed by atoms with van der Waals surface area (Å²) < 4.78 is 10.8. The highest BCUT2D eigenvalue weighted by molar-refractivity contribution is 14.0. The van der Waals surface area contributed by atoms with E-state index in [0.29, 0.717) is 18.5 Å². The number of hydrogen-bond donors (Lipinski definition) is 2. The summed E-state index contributed by atoms with van der Waals surface area (Å²) in [5, 5.41) is 6.79. The second kappa shape index (κ2) is 12.2. The Balaban J connectivity index is 0.00000320. The Morgan fingerprint density at radius 2 is 2.07 bits per heavy atom. The predicted octanol–water partition coefficient (Wildman–Crippen LogP) is 1.68. The van der Waals surface area contributed by atoms with Crippen LogP contribution in [0.3, 0.4) is 0 Å². The Labute approximate surface area is 196 Å². The standard InChI is InChI=1S/C21H33N5O3.HI/c1-4-26-11-5-6-17(26)13-23-21(24-14-20(27)25(2)3)22-10-9-16-7-8-18-19(12-16)29-15-28-18;/h7-8,12,17H,4-6,9-11,13-15H2,1-3H3,(H2,22,23,24);1H. The van der Waals surface area contributed by atoms with Crippen molar-refractivity contribution in [2.24, 2.45) is 4.99 Å². The van der Waals surface area contributed by atoms with Gasteiger partial charge in [-0.1, -0.05) is 13.0 Å². The fraction of sp³-hybridized carbons (Fsp3) is 0.619. The number of fused-ring (bicyclic) bond motifs is 1. The molecule has 0 bridgehead atoms. The number of aliphatic imine (C=N–C) groups is 1. The molecular weight excluding hydrogens is 497 g/mol. The van der Waals surface area contributed by atoms with Crippen LogP contribution in [0.5, 0.6) is 11.5 Å². The molecule has 8 nitrogen and oxygen atoms in total. The molecule has 1 aromatic carbocycles. The third-order valence-corrected chi connectivity index (χ3v) is 5.42. The lowest BCUT2D eigenvalue weighted by atomic mass is 10.1. The minimum atomic E-state index is -0.0158. The molecule has 1 saturated heterocycles. The molecule has 9 heteroatoms. The van der Waals surface area contributed by atoms with Gasteiger partial charge in [-0.25, -0.2) is 4.99 Å². The van der Waals surface area contributed by atoms with Crippen LogP contribution in [0.2, 0.25) is 0 Å². The molecule has 30 heavy (non-hydrogen) atoms. The number of carbonyl (C=O) groups is 1. The number of halogens is 1.